The molecule has 2 nitrogen and oxygen atoms in total. The van der Waals surface area contributed by atoms with E-state index in [1.54, 1.807) is 12.1 Å². The lowest BCUT2D eigenvalue weighted by atomic mass is 10.1. The fraction of sp³-hybridized carbons (Fsp3) is 0.250. The van der Waals surface area contributed by atoms with Crippen molar-refractivity contribution in [2.24, 2.45) is 0 Å². The average molecular weight is 259 g/mol. The zero-order chi connectivity index (χ0) is 13.7. The number of nitrogens with zero attached hydrogens (tertiary/aromatic N) is 1. The number of aliphatic hydroxyl groups excluding tert-OH is 1. The van der Waals surface area contributed by atoms with Gasteiger partial charge in [0.2, 0.25) is 0 Å². The normalized spacial score (nSPS) is 10.5. The Balaban J connectivity index is 2.11. The highest BCUT2D eigenvalue weighted by Crippen LogP contribution is 2.17. The number of halogens is 1. The summed E-state index contributed by atoms with van der Waals surface area (Å²) in [6, 6.07) is 14.4. The SMILES string of the molecule is CCN(Cc1ccc(CO)cc1)c1ccc(F)cc1. The second-order valence-electron chi connectivity index (χ2n) is 4.47. The van der Waals surface area contributed by atoms with Crippen LogP contribution in [0.1, 0.15) is 18.1 Å². The number of aliphatic hydroxyl groups is 1. The van der Waals surface area contributed by atoms with Crippen molar-refractivity contribution in [1.82, 2.24) is 0 Å². The molecular weight excluding hydrogens is 241 g/mol. The van der Waals surface area contributed by atoms with Crippen LogP contribution in [0.15, 0.2) is 48.5 Å². The van der Waals surface area contributed by atoms with Crippen LogP contribution in [0.5, 0.6) is 0 Å². The number of anilines is 1. The highest BCUT2D eigenvalue weighted by atomic mass is 19.1. The Morgan fingerprint density at radius 3 is 2.05 bits per heavy atom. The number of hydrogen-bond donors (Lipinski definition) is 1. The Kier molecular flexibility index (Phi) is 4.53. The molecule has 0 unspecified atom stereocenters. The topological polar surface area (TPSA) is 23.5 Å². The highest BCUT2D eigenvalue weighted by Gasteiger charge is 2.05. The van der Waals surface area contributed by atoms with Gasteiger partial charge in [-0.05, 0) is 42.3 Å². The zero-order valence-corrected chi connectivity index (χ0v) is 11.0. The molecule has 0 saturated heterocycles. The van der Waals surface area contributed by atoms with E-state index >= 15 is 0 Å². The lowest BCUT2D eigenvalue weighted by molar-refractivity contribution is 0.282. The maximum Gasteiger partial charge on any atom is 0.123 e. The van der Waals surface area contributed by atoms with Crippen LogP contribution in [0.25, 0.3) is 0 Å². The van der Waals surface area contributed by atoms with Crippen LogP contribution in [-0.4, -0.2) is 11.7 Å². The summed E-state index contributed by atoms with van der Waals surface area (Å²) in [4.78, 5) is 2.17. The van der Waals surface area contributed by atoms with Crippen LogP contribution in [0.2, 0.25) is 0 Å². The third-order valence-corrected chi connectivity index (χ3v) is 3.15. The van der Waals surface area contributed by atoms with Gasteiger partial charge in [-0.1, -0.05) is 24.3 Å². The first-order valence-electron chi connectivity index (χ1n) is 6.42. The number of benzene rings is 2. The summed E-state index contributed by atoms with van der Waals surface area (Å²) in [7, 11) is 0. The molecule has 0 atom stereocenters. The van der Waals surface area contributed by atoms with Crippen molar-refractivity contribution in [3.05, 3.63) is 65.5 Å². The van der Waals surface area contributed by atoms with Gasteiger partial charge in [-0.3, -0.25) is 0 Å². The molecule has 0 amide bonds. The summed E-state index contributed by atoms with van der Waals surface area (Å²) in [5.74, 6) is -0.216. The van der Waals surface area contributed by atoms with Gasteiger partial charge in [0.05, 0.1) is 6.61 Å². The lowest BCUT2D eigenvalue weighted by Crippen LogP contribution is -2.21. The molecule has 2 aromatic rings. The molecule has 0 radical (unpaired) electrons. The van der Waals surface area contributed by atoms with E-state index in [-0.39, 0.29) is 12.4 Å². The molecule has 0 aromatic heterocycles. The van der Waals surface area contributed by atoms with Gasteiger partial charge in [-0.2, -0.15) is 0 Å². The summed E-state index contributed by atoms with van der Waals surface area (Å²) < 4.78 is 12.9. The van der Waals surface area contributed by atoms with Crippen molar-refractivity contribution in [3.8, 4) is 0 Å². The van der Waals surface area contributed by atoms with Crippen molar-refractivity contribution in [2.45, 2.75) is 20.1 Å². The van der Waals surface area contributed by atoms with E-state index in [0.29, 0.717) is 0 Å². The monoisotopic (exact) mass is 259 g/mol. The predicted octanol–water partition coefficient (Wildman–Crippen LogP) is 3.34. The molecule has 3 heteroatoms. The molecule has 0 spiro atoms. The predicted molar refractivity (Wildman–Crippen MR) is 75.5 cm³/mol. The summed E-state index contributed by atoms with van der Waals surface area (Å²) in [5, 5.41) is 9.01. The molecule has 2 aromatic carbocycles. The number of rotatable bonds is 5. The molecule has 0 aliphatic rings. The van der Waals surface area contributed by atoms with Gasteiger partial charge in [0.15, 0.2) is 0 Å². The minimum Gasteiger partial charge on any atom is -0.392 e. The Morgan fingerprint density at radius 2 is 1.53 bits per heavy atom. The van der Waals surface area contributed by atoms with Crippen molar-refractivity contribution in [1.29, 1.82) is 0 Å². The van der Waals surface area contributed by atoms with E-state index in [4.69, 9.17) is 5.11 Å². The Hall–Kier alpha value is -1.87. The van der Waals surface area contributed by atoms with Crippen LogP contribution in [-0.2, 0) is 13.2 Å². The Morgan fingerprint density at radius 1 is 0.947 bits per heavy atom. The van der Waals surface area contributed by atoms with Gasteiger partial charge < -0.3 is 10.0 Å². The van der Waals surface area contributed by atoms with Crippen LogP contribution in [0, 0.1) is 5.82 Å². The minimum atomic E-state index is -0.216. The third kappa shape index (κ3) is 3.55. The van der Waals surface area contributed by atoms with Gasteiger partial charge in [0.1, 0.15) is 5.82 Å². The van der Waals surface area contributed by atoms with Crippen molar-refractivity contribution >= 4 is 5.69 Å². The molecule has 0 heterocycles. The first-order chi connectivity index (χ1) is 9.22. The van der Waals surface area contributed by atoms with Crippen LogP contribution >= 0.6 is 0 Å². The molecule has 0 aliphatic carbocycles. The fourth-order valence-corrected chi connectivity index (χ4v) is 2.01. The first-order valence-corrected chi connectivity index (χ1v) is 6.42. The molecule has 0 fully saturated rings. The maximum atomic E-state index is 12.9. The van der Waals surface area contributed by atoms with Gasteiger partial charge >= 0.3 is 0 Å². The van der Waals surface area contributed by atoms with Crippen LogP contribution < -0.4 is 4.90 Å². The molecule has 19 heavy (non-hydrogen) atoms. The van der Waals surface area contributed by atoms with Crippen molar-refractivity contribution in [2.75, 3.05) is 11.4 Å². The Labute approximate surface area is 113 Å². The van der Waals surface area contributed by atoms with Crippen LogP contribution in [0.3, 0.4) is 0 Å². The molecule has 1 N–H and O–H groups in total. The largest absolute Gasteiger partial charge is 0.392 e. The summed E-state index contributed by atoms with van der Waals surface area (Å²) >= 11 is 0. The molecule has 0 bridgehead atoms. The quantitative estimate of drug-likeness (QED) is 0.890. The summed E-state index contributed by atoms with van der Waals surface area (Å²) in [6.07, 6.45) is 0. The van der Waals surface area contributed by atoms with E-state index in [2.05, 4.69) is 11.8 Å². The number of hydrogen-bond acceptors (Lipinski definition) is 2. The molecule has 0 aliphatic heterocycles. The van der Waals surface area contributed by atoms with Gasteiger partial charge in [-0.25, -0.2) is 4.39 Å². The summed E-state index contributed by atoms with van der Waals surface area (Å²) in [6.45, 7) is 3.77. The van der Waals surface area contributed by atoms with Gasteiger partial charge in [0.25, 0.3) is 0 Å². The third-order valence-electron chi connectivity index (χ3n) is 3.15. The standard InChI is InChI=1S/C16H18FNO/c1-2-18(16-9-7-15(17)8-10-16)11-13-3-5-14(12-19)6-4-13/h3-10,19H,2,11-12H2,1H3. The molecule has 2 rings (SSSR count). The van der Waals surface area contributed by atoms with E-state index in [1.165, 1.54) is 17.7 Å². The highest BCUT2D eigenvalue weighted by molar-refractivity contribution is 5.46. The van der Waals surface area contributed by atoms with E-state index < -0.39 is 0 Å². The lowest BCUT2D eigenvalue weighted by Gasteiger charge is -2.23. The first kappa shape index (κ1) is 13.6. The van der Waals surface area contributed by atoms with E-state index in [9.17, 15) is 4.39 Å². The molecule has 100 valence electrons. The Bertz CT molecular complexity index is 507. The fourth-order valence-electron chi connectivity index (χ4n) is 2.01. The van der Waals surface area contributed by atoms with E-state index in [0.717, 1.165) is 24.3 Å². The minimum absolute atomic E-state index is 0.0652. The average Bonchev–Trinajstić information content (AvgIpc) is 2.46. The summed E-state index contributed by atoms with van der Waals surface area (Å²) in [5.41, 5.74) is 3.09. The van der Waals surface area contributed by atoms with Crippen molar-refractivity contribution < 1.29 is 9.50 Å². The van der Waals surface area contributed by atoms with Crippen LogP contribution in [0.4, 0.5) is 10.1 Å². The van der Waals surface area contributed by atoms with Gasteiger partial charge in [0, 0.05) is 18.8 Å². The zero-order valence-electron chi connectivity index (χ0n) is 11.0. The van der Waals surface area contributed by atoms with Crippen molar-refractivity contribution in [3.63, 3.8) is 0 Å². The van der Waals surface area contributed by atoms with E-state index in [1.807, 2.05) is 24.3 Å². The second kappa shape index (κ2) is 6.34. The smallest absolute Gasteiger partial charge is 0.123 e. The molecule has 0 saturated carbocycles. The second-order valence-corrected chi connectivity index (χ2v) is 4.47. The van der Waals surface area contributed by atoms with Gasteiger partial charge in [-0.15, -0.1) is 0 Å². The molecular formula is C16H18FNO. The maximum absolute atomic E-state index is 12.9.